The third-order valence-electron chi connectivity index (χ3n) is 2.96. The first-order valence-electron chi connectivity index (χ1n) is 6.93. The molecule has 0 saturated carbocycles. The molecule has 1 heterocycles. The van der Waals surface area contributed by atoms with Crippen molar-refractivity contribution in [1.82, 2.24) is 10.3 Å². The molecule has 0 saturated heterocycles. The molecule has 0 radical (unpaired) electrons. The summed E-state index contributed by atoms with van der Waals surface area (Å²) in [6.45, 7) is 2.20. The number of rotatable bonds is 7. The molecular weight excluding hydrogens is 286 g/mol. The minimum atomic E-state index is -0.811. The second-order valence-electron chi connectivity index (χ2n) is 4.75. The minimum absolute atomic E-state index is 0.116. The van der Waals surface area contributed by atoms with Crippen LogP contribution in [0.1, 0.15) is 29.3 Å². The Hall–Kier alpha value is -2.38. The highest BCUT2D eigenvalue weighted by atomic mass is 16.5. The normalized spacial score (nSPS) is 13.4. The number of amides is 1. The van der Waals surface area contributed by atoms with Crippen LogP contribution in [-0.2, 0) is 0 Å². The number of aliphatic hydroxyl groups excluding tert-OH is 1. The quantitative estimate of drug-likeness (QED) is 0.654. The molecule has 0 aliphatic rings. The van der Waals surface area contributed by atoms with Gasteiger partial charge in [0, 0.05) is 0 Å². The molecule has 2 aromatic rings. The van der Waals surface area contributed by atoms with Gasteiger partial charge in [0.15, 0.2) is 5.69 Å². The molecular formula is C15H19N3O4. The summed E-state index contributed by atoms with van der Waals surface area (Å²) >= 11 is 0. The highest BCUT2D eigenvalue weighted by molar-refractivity contribution is 5.91. The number of oxazole rings is 1. The van der Waals surface area contributed by atoms with Crippen LogP contribution in [0.25, 0.3) is 0 Å². The van der Waals surface area contributed by atoms with Gasteiger partial charge in [-0.3, -0.25) is 4.79 Å². The minimum Gasteiger partial charge on any atom is -0.492 e. The lowest BCUT2D eigenvalue weighted by Gasteiger charge is -2.09. The fourth-order valence-corrected chi connectivity index (χ4v) is 1.69. The van der Waals surface area contributed by atoms with Crippen molar-refractivity contribution < 1.29 is 19.1 Å². The van der Waals surface area contributed by atoms with E-state index in [-0.39, 0.29) is 17.5 Å². The summed E-state index contributed by atoms with van der Waals surface area (Å²) < 4.78 is 10.6. The number of aromatic nitrogens is 1. The number of carbonyl (C=O) groups is 1. The van der Waals surface area contributed by atoms with E-state index in [0.717, 1.165) is 5.75 Å². The third kappa shape index (κ3) is 4.31. The van der Waals surface area contributed by atoms with Gasteiger partial charge < -0.3 is 25.3 Å². The molecule has 0 fully saturated rings. The first-order chi connectivity index (χ1) is 10.6. The van der Waals surface area contributed by atoms with Crippen LogP contribution in [0.15, 0.2) is 41.0 Å². The summed E-state index contributed by atoms with van der Waals surface area (Å²) in [5.74, 6) is 0.480. The molecule has 0 bridgehead atoms. The van der Waals surface area contributed by atoms with Crippen molar-refractivity contribution in [3.8, 4) is 5.75 Å². The van der Waals surface area contributed by atoms with Crippen molar-refractivity contribution in [2.75, 3.05) is 13.2 Å². The molecule has 4 N–H and O–H groups in total. The Morgan fingerprint density at radius 2 is 2.18 bits per heavy atom. The maximum Gasteiger partial charge on any atom is 0.273 e. The summed E-state index contributed by atoms with van der Waals surface area (Å²) in [5, 5.41) is 12.0. The van der Waals surface area contributed by atoms with Gasteiger partial charge in [0.2, 0.25) is 5.89 Å². The summed E-state index contributed by atoms with van der Waals surface area (Å²) in [6, 6.07) is 8.55. The standard InChI is InChI=1S/C15H19N3O4/c1-10(19)13(16)15-18-12(9-22-15)14(20)17-7-8-21-11-5-3-2-4-6-11/h2-6,9-10,13,19H,7-8,16H2,1H3,(H,17,20). The zero-order valence-electron chi connectivity index (χ0n) is 12.2. The maximum absolute atomic E-state index is 11.9. The van der Waals surface area contributed by atoms with Gasteiger partial charge in [-0.1, -0.05) is 18.2 Å². The SMILES string of the molecule is CC(O)C(N)c1nc(C(=O)NCCOc2ccccc2)co1. The van der Waals surface area contributed by atoms with Crippen molar-refractivity contribution in [3.05, 3.63) is 48.2 Å². The van der Waals surface area contributed by atoms with Crippen LogP contribution >= 0.6 is 0 Å². The fraction of sp³-hybridized carbons (Fsp3) is 0.333. The first-order valence-corrected chi connectivity index (χ1v) is 6.93. The molecule has 1 aromatic heterocycles. The Morgan fingerprint density at radius 3 is 2.86 bits per heavy atom. The fourth-order valence-electron chi connectivity index (χ4n) is 1.69. The predicted molar refractivity (Wildman–Crippen MR) is 79.4 cm³/mol. The predicted octanol–water partition coefficient (Wildman–Crippen LogP) is 0.864. The monoisotopic (exact) mass is 305 g/mol. The molecule has 0 spiro atoms. The molecule has 0 aliphatic carbocycles. The Labute approximate surface area is 128 Å². The molecule has 1 aromatic carbocycles. The van der Waals surface area contributed by atoms with E-state index in [1.54, 1.807) is 0 Å². The number of para-hydroxylation sites is 1. The summed E-state index contributed by atoms with van der Waals surface area (Å²) in [5.41, 5.74) is 5.80. The lowest BCUT2D eigenvalue weighted by molar-refractivity contribution is 0.0941. The summed E-state index contributed by atoms with van der Waals surface area (Å²) in [4.78, 5) is 15.8. The number of carbonyl (C=O) groups excluding carboxylic acids is 1. The van der Waals surface area contributed by atoms with Gasteiger partial charge in [-0.15, -0.1) is 0 Å². The average Bonchev–Trinajstić information content (AvgIpc) is 3.01. The zero-order valence-corrected chi connectivity index (χ0v) is 12.2. The molecule has 2 atom stereocenters. The smallest absolute Gasteiger partial charge is 0.273 e. The van der Waals surface area contributed by atoms with Gasteiger partial charge in [-0.05, 0) is 19.1 Å². The first kappa shape index (κ1) is 16.0. The highest BCUT2D eigenvalue weighted by Crippen LogP contribution is 2.13. The van der Waals surface area contributed by atoms with E-state index in [0.29, 0.717) is 13.2 Å². The molecule has 118 valence electrons. The van der Waals surface area contributed by atoms with Crippen LogP contribution in [0.3, 0.4) is 0 Å². The van der Waals surface area contributed by atoms with Crippen LogP contribution in [0.5, 0.6) is 5.75 Å². The van der Waals surface area contributed by atoms with Gasteiger partial charge in [0.1, 0.15) is 24.7 Å². The second kappa shape index (κ2) is 7.58. The molecule has 1 amide bonds. The number of nitrogens with zero attached hydrogens (tertiary/aromatic N) is 1. The largest absolute Gasteiger partial charge is 0.492 e. The van der Waals surface area contributed by atoms with Crippen LogP contribution in [0.4, 0.5) is 0 Å². The van der Waals surface area contributed by atoms with Crippen molar-refractivity contribution in [2.45, 2.75) is 19.1 Å². The molecule has 22 heavy (non-hydrogen) atoms. The Kier molecular flexibility index (Phi) is 5.51. The molecule has 7 heteroatoms. The summed E-state index contributed by atoms with van der Waals surface area (Å²) in [6.07, 6.45) is 0.402. The van der Waals surface area contributed by atoms with E-state index in [2.05, 4.69) is 10.3 Å². The Balaban J connectivity index is 1.78. The maximum atomic E-state index is 11.9. The summed E-state index contributed by atoms with van der Waals surface area (Å²) in [7, 11) is 0. The van der Waals surface area contributed by atoms with Crippen LogP contribution in [0.2, 0.25) is 0 Å². The number of hydrogen-bond acceptors (Lipinski definition) is 6. The van der Waals surface area contributed by atoms with Crippen molar-refractivity contribution in [3.63, 3.8) is 0 Å². The zero-order chi connectivity index (χ0) is 15.9. The molecule has 2 rings (SSSR count). The highest BCUT2D eigenvalue weighted by Gasteiger charge is 2.20. The number of benzene rings is 1. The van der Waals surface area contributed by atoms with E-state index < -0.39 is 12.1 Å². The number of hydrogen-bond donors (Lipinski definition) is 3. The van der Waals surface area contributed by atoms with E-state index in [1.165, 1.54) is 13.2 Å². The Bertz CT molecular complexity index is 598. The van der Waals surface area contributed by atoms with Gasteiger partial charge >= 0.3 is 0 Å². The molecule has 7 nitrogen and oxygen atoms in total. The molecule has 2 unspecified atom stereocenters. The van der Waals surface area contributed by atoms with Crippen molar-refractivity contribution in [2.24, 2.45) is 5.73 Å². The third-order valence-corrected chi connectivity index (χ3v) is 2.96. The number of aliphatic hydroxyl groups is 1. The van der Waals surface area contributed by atoms with Gasteiger partial charge in [-0.2, -0.15) is 0 Å². The van der Waals surface area contributed by atoms with Gasteiger partial charge in [0.25, 0.3) is 5.91 Å². The van der Waals surface area contributed by atoms with Crippen molar-refractivity contribution in [1.29, 1.82) is 0 Å². The van der Waals surface area contributed by atoms with Crippen LogP contribution in [-0.4, -0.2) is 35.3 Å². The number of nitrogens with one attached hydrogen (secondary N) is 1. The molecule has 0 aliphatic heterocycles. The van der Waals surface area contributed by atoms with Crippen LogP contribution in [0, 0.1) is 0 Å². The topological polar surface area (TPSA) is 111 Å². The van der Waals surface area contributed by atoms with Crippen LogP contribution < -0.4 is 15.8 Å². The number of ether oxygens (including phenoxy) is 1. The lowest BCUT2D eigenvalue weighted by atomic mass is 10.2. The van der Waals surface area contributed by atoms with E-state index >= 15 is 0 Å². The van der Waals surface area contributed by atoms with Gasteiger partial charge in [0.05, 0.1) is 12.6 Å². The Morgan fingerprint density at radius 1 is 1.45 bits per heavy atom. The number of nitrogens with two attached hydrogens (primary N) is 1. The van der Waals surface area contributed by atoms with E-state index in [1.807, 2.05) is 30.3 Å². The van der Waals surface area contributed by atoms with Gasteiger partial charge in [-0.25, -0.2) is 4.98 Å². The van der Waals surface area contributed by atoms with E-state index in [9.17, 15) is 9.90 Å². The van der Waals surface area contributed by atoms with E-state index in [4.69, 9.17) is 14.9 Å². The average molecular weight is 305 g/mol. The van der Waals surface area contributed by atoms with Crippen molar-refractivity contribution >= 4 is 5.91 Å². The lowest BCUT2D eigenvalue weighted by Crippen LogP contribution is -2.28. The second-order valence-corrected chi connectivity index (χ2v) is 4.75.